The lowest BCUT2D eigenvalue weighted by Crippen LogP contribution is -2.36. The number of carbonyl (C=O) groups is 2. The van der Waals surface area contributed by atoms with Crippen LogP contribution in [0.2, 0.25) is 0 Å². The van der Waals surface area contributed by atoms with E-state index < -0.39 is 16.7 Å². The van der Waals surface area contributed by atoms with Crippen molar-refractivity contribution in [2.45, 2.75) is 13.5 Å². The van der Waals surface area contributed by atoms with Crippen LogP contribution in [0, 0.1) is 17.0 Å². The van der Waals surface area contributed by atoms with E-state index >= 15 is 0 Å². The number of nitrogens with one attached hydrogen (secondary N) is 2. The van der Waals surface area contributed by atoms with Crippen LogP contribution in [-0.4, -0.2) is 49.7 Å². The third kappa shape index (κ3) is 5.22. The predicted molar refractivity (Wildman–Crippen MR) is 98.7 cm³/mol. The second-order valence-corrected chi connectivity index (χ2v) is 6.05. The quantitative estimate of drug-likeness (QED) is 0.318. The molecular formula is C17H17N7O5. The van der Waals surface area contributed by atoms with E-state index in [1.54, 1.807) is 0 Å². The number of hydrogen-bond acceptors (Lipinski definition) is 8. The molecule has 0 saturated carbocycles. The summed E-state index contributed by atoms with van der Waals surface area (Å²) >= 11 is 0. The molecule has 2 heterocycles. The van der Waals surface area contributed by atoms with Crippen molar-refractivity contribution in [3.05, 3.63) is 58.2 Å². The van der Waals surface area contributed by atoms with Gasteiger partial charge in [0, 0.05) is 18.7 Å². The molecule has 0 bridgehead atoms. The van der Waals surface area contributed by atoms with Crippen LogP contribution in [0.15, 0.2) is 41.2 Å². The van der Waals surface area contributed by atoms with Crippen LogP contribution in [0.4, 0.5) is 5.69 Å². The molecular weight excluding hydrogens is 382 g/mol. The summed E-state index contributed by atoms with van der Waals surface area (Å²) in [5, 5.41) is 23.2. The van der Waals surface area contributed by atoms with Gasteiger partial charge in [0.2, 0.25) is 11.7 Å². The first-order valence-corrected chi connectivity index (χ1v) is 8.55. The number of aryl methyl sites for hydroxylation is 1. The molecule has 0 unspecified atom stereocenters. The summed E-state index contributed by atoms with van der Waals surface area (Å²) in [5.41, 5.74) is 1.56. The molecule has 29 heavy (non-hydrogen) atoms. The maximum Gasteiger partial charge on any atom is 0.316 e. The van der Waals surface area contributed by atoms with Gasteiger partial charge in [0.1, 0.15) is 18.9 Å². The van der Waals surface area contributed by atoms with Crippen molar-refractivity contribution in [3.63, 3.8) is 0 Å². The number of nitro groups is 1. The molecule has 3 rings (SSSR count). The van der Waals surface area contributed by atoms with Crippen LogP contribution in [-0.2, 0) is 11.3 Å². The number of amides is 2. The number of benzene rings is 1. The molecule has 2 N–H and O–H groups in total. The summed E-state index contributed by atoms with van der Waals surface area (Å²) < 4.78 is 6.12. The van der Waals surface area contributed by atoms with E-state index in [1.165, 1.54) is 0 Å². The number of hydrogen-bond donors (Lipinski definition) is 2. The Labute approximate surface area is 164 Å². The molecule has 0 aliphatic carbocycles. The highest BCUT2D eigenvalue weighted by atomic mass is 16.6. The van der Waals surface area contributed by atoms with Gasteiger partial charge in [-0.3, -0.25) is 24.4 Å². The average Bonchev–Trinajstić information content (AvgIpc) is 3.35. The molecule has 0 aliphatic rings. The average molecular weight is 399 g/mol. The first-order chi connectivity index (χ1) is 13.9. The first-order valence-electron chi connectivity index (χ1n) is 8.55. The van der Waals surface area contributed by atoms with E-state index in [0.29, 0.717) is 5.82 Å². The highest BCUT2D eigenvalue weighted by molar-refractivity contribution is 5.89. The predicted octanol–water partition coefficient (Wildman–Crippen LogP) is 0.696. The van der Waals surface area contributed by atoms with Crippen LogP contribution in [0.25, 0.3) is 11.4 Å². The monoisotopic (exact) mass is 399 g/mol. The van der Waals surface area contributed by atoms with Gasteiger partial charge in [-0.1, -0.05) is 28.9 Å². The summed E-state index contributed by atoms with van der Waals surface area (Å²) in [4.78, 5) is 37.9. The zero-order valence-corrected chi connectivity index (χ0v) is 15.4. The van der Waals surface area contributed by atoms with Gasteiger partial charge < -0.3 is 15.2 Å². The summed E-state index contributed by atoms with van der Waals surface area (Å²) in [7, 11) is 0. The van der Waals surface area contributed by atoms with Gasteiger partial charge in [0.05, 0.1) is 4.92 Å². The molecule has 0 radical (unpaired) electrons. The van der Waals surface area contributed by atoms with Crippen molar-refractivity contribution in [3.8, 4) is 11.4 Å². The van der Waals surface area contributed by atoms with E-state index in [1.807, 2.05) is 31.2 Å². The SMILES string of the molecule is Cc1cccc(-c2noc(C(=O)NCCNC(=O)Cn3cc([N+](=O)[O-])cn3)n2)c1. The van der Waals surface area contributed by atoms with Gasteiger partial charge in [0.25, 0.3) is 0 Å². The zero-order chi connectivity index (χ0) is 20.8. The Hall–Kier alpha value is -4.09. The molecule has 2 amide bonds. The number of aromatic nitrogens is 4. The lowest BCUT2D eigenvalue weighted by molar-refractivity contribution is -0.385. The standard InChI is InChI=1S/C17H17N7O5/c1-11-3-2-4-12(7-11)15-21-17(29-22-15)16(26)19-6-5-18-14(25)10-23-9-13(8-20-23)24(27)28/h2-4,7-9H,5-6,10H2,1H3,(H,18,25)(H,19,26). The van der Waals surface area contributed by atoms with Crippen molar-refractivity contribution < 1.29 is 19.0 Å². The molecule has 3 aromatic rings. The van der Waals surface area contributed by atoms with E-state index in [2.05, 4.69) is 25.9 Å². The van der Waals surface area contributed by atoms with Gasteiger partial charge in [-0.25, -0.2) is 0 Å². The third-order valence-corrected chi connectivity index (χ3v) is 3.77. The van der Waals surface area contributed by atoms with Gasteiger partial charge in [-0.15, -0.1) is 0 Å². The van der Waals surface area contributed by atoms with Gasteiger partial charge in [-0.05, 0) is 13.0 Å². The number of carbonyl (C=O) groups excluding carboxylic acids is 2. The lowest BCUT2D eigenvalue weighted by Gasteiger charge is -2.05. The minimum absolute atomic E-state index is 0.131. The largest absolute Gasteiger partial charge is 0.353 e. The Morgan fingerprint density at radius 3 is 2.79 bits per heavy atom. The van der Waals surface area contributed by atoms with Crippen molar-refractivity contribution in [1.82, 2.24) is 30.6 Å². The van der Waals surface area contributed by atoms with Gasteiger partial charge >= 0.3 is 17.5 Å². The Balaban J connectivity index is 1.43. The fraction of sp³-hybridized carbons (Fsp3) is 0.235. The molecule has 0 atom stereocenters. The van der Waals surface area contributed by atoms with Crippen LogP contribution in [0.3, 0.4) is 0 Å². The molecule has 12 heteroatoms. The maximum atomic E-state index is 12.1. The molecule has 0 fully saturated rings. The molecule has 150 valence electrons. The maximum absolute atomic E-state index is 12.1. The normalized spacial score (nSPS) is 10.5. The first kappa shape index (κ1) is 19.7. The minimum Gasteiger partial charge on any atom is -0.353 e. The smallest absolute Gasteiger partial charge is 0.316 e. The fourth-order valence-corrected chi connectivity index (χ4v) is 2.41. The van der Waals surface area contributed by atoms with Crippen LogP contribution in [0.1, 0.15) is 16.2 Å². The van der Waals surface area contributed by atoms with Crippen LogP contribution in [0.5, 0.6) is 0 Å². The van der Waals surface area contributed by atoms with Crippen molar-refractivity contribution in [2.75, 3.05) is 13.1 Å². The Bertz CT molecular complexity index is 1040. The molecule has 1 aromatic carbocycles. The van der Waals surface area contributed by atoms with E-state index in [-0.39, 0.29) is 31.2 Å². The van der Waals surface area contributed by atoms with Gasteiger partial charge in [0.15, 0.2) is 0 Å². The minimum atomic E-state index is -0.598. The Kier molecular flexibility index (Phi) is 5.92. The number of nitrogens with zero attached hydrogens (tertiary/aromatic N) is 5. The molecule has 0 spiro atoms. The zero-order valence-electron chi connectivity index (χ0n) is 15.4. The van der Waals surface area contributed by atoms with Crippen LogP contribution < -0.4 is 10.6 Å². The summed E-state index contributed by atoms with van der Waals surface area (Å²) in [6.07, 6.45) is 2.21. The Morgan fingerprint density at radius 1 is 1.28 bits per heavy atom. The van der Waals surface area contributed by atoms with E-state index in [9.17, 15) is 19.7 Å². The second kappa shape index (κ2) is 8.73. The third-order valence-electron chi connectivity index (χ3n) is 3.77. The van der Waals surface area contributed by atoms with E-state index in [0.717, 1.165) is 28.2 Å². The van der Waals surface area contributed by atoms with Crippen molar-refractivity contribution in [1.29, 1.82) is 0 Å². The van der Waals surface area contributed by atoms with E-state index in [4.69, 9.17) is 4.52 Å². The topological polar surface area (TPSA) is 158 Å². The molecule has 2 aromatic heterocycles. The Morgan fingerprint density at radius 2 is 2.07 bits per heavy atom. The molecule has 12 nitrogen and oxygen atoms in total. The number of rotatable bonds is 8. The lowest BCUT2D eigenvalue weighted by atomic mass is 10.1. The highest BCUT2D eigenvalue weighted by Gasteiger charge is 2.16. The molecule has 0 saturated heterocycles. The summed E-state index contributed by atoms with van der Waals surface area (Å²) in [6, 6.07) is 7.46. The van der Waals surface area contributed by atoms with Gasteiger partial charge in [-0.2, -0.15) is 10.1 Å². The van der Waals surface area contributed by atoms with Crippen LogP contribution >= 0.6 is 0 Å². The highest BCUT2D eigenvalue weighted by Crippen LogP contribution is 2.16. The second-order valence-electron chi connectivity index (χ2n) is 6.05. The summed E-state index contributed by atoms with van der Waals surface area (Å²) in [5.74, 6) is -0.845. The fourth-order valence-electron chi connectivity index (χ4n) is 2.41. The summed E-state index contributed by atoms with van der Waals surface area (Å²) in [6.45, 7) is 2.03. The van der Waals surface area contributed by atoms with Crippen molar-refractivity contribution >= 4 is 17.5 Å². The molecule has 0 aliphatic heterocycles. The van der Waals surface area contributed by atoms with Crippen molar-refractivity contribution in [2.24, 2.45) is 0 Å².